The molecule has 1 amide bonds. The highest BCUT2D eigenvalue weighted by Crippen LogP contribution is 2.52. The maximum Gasteiger partial charge on any atom is 0.338 e. The van der Waals surface area contributed by atoms with Crippen LogP contribution in [0.15, 0.2) is 65.2 Å². The van der Waals surface area contributed by atoms with E-state index in [2.05, 4.69) is 10.5 Å². The third-order valence-corrected chi connectivity index (χ3v) is 9.97. The van der Waals surface area contributed by atoms with E-state index >= 15 is 4.39 Å². The van der Waals surface area contributed by atoms with Gasteiger partial charge in [0.15, 0.2) is 0 Å². The van der Waals surface area contributed by atoms with Crippen LogP contribution in [0.25, 0.3) is 22.4 Å². The molecule has 2 atom stereocenters. The van der Waals surface area contributed by atoms with Crippen LogP contribution < -0.4 is 5.32 Å². The Morgan fingerprint density at radius 1 is 1.00 bits per heavy atom. The van der Waals surface area contributed by atoms with Gasteiger partial charge in [-0.1, -0.05) is 64.8 Å². The van der Waals surface area contributed by atoms with Gasteiger partial charge in [0.05, 0.1) is 41.1 Å². The Bertz CT molecular complexity index is 1740. The quantitative estimate of drug-likeness (QED) is 0.183. The second kappa shape index (κ2) is 12.2. The highest BCUT2D eigenvalue weighted by Gasteiger charge is 2.51. The Balaban J connectivity index is 1.04. The smallest absolute Gasteiger partial charge is 0.338 e. The van der Waals surface area contributed by atoms with Gasteiger partial charge in [-0.05, 0) is 79.3 Å². The number of amides is 1. The summed E-state index contributed by atoms with van der Waals surface area (Å²) in [6, 6.07) is 17.1. The van der Waals surface area contributed by atoms with Crippen molar-refractivity contribution in [2.75, 3.05) is 12.4 Å². The average molecular weight is 650 g/mol. The van der Waals surface area contributed by atoms with Crippen molar-refractivity contribution in [3.63, 3.8) is 0 Å². The predicted molar refractivity (Wildman–Crippen MR) is 169 cm³/mol. The minimum atomic E-state index is -0.691. The highest BCUT2D eigenvalue weighted by molar-refractivity contribution is 6.39. The molecule has 3 aromatic carbocycles. The van der Waals surface area contributed by atoms with Gasteiger partial charge in [0.2, 0.25) is 5.91 Å². The number of hydrogen-bond donors (Lipinski definition) is 1. The van der Waals surface area contributed by atoms with Crippen molar-refractivity contribution in [2.24, 2.45) is 17.8 Å². The third kappa shape index (κ3) is 5.75. The molecule has 8 rings (SSSR count). The molecular formula is C35H31Cl2FN2O5. The number of rotatable bonds is 9. The minimum Gasteiger partial charge on any atom is -0.465 e. The molecule has 4 aliphatic rings. The molecule has 4 saturated carbocycles. The average Bonchev–Trinajstić information content (AvgIpc) is 3.80. The number of fused-ring (bicyclic) bond motifs is 2. The van der Waals surface area contributed by atoms with Crippen molar-refractivity contribution in [1.29, 1.82) is 0 Å². The normalized spacial score (nSPS) is 22.0. The molecule has 2 bridgehead atoms. The minimum absolute atomic E-state index is 0.0323. The van der Waals surface area contributed by atoms with Crippen molar-refractivity contribution in [3.8, 4) is 22.4 Å². The first-order valence-electron chi connectivity index (χ1n) is 15.1. The zero-order chi connectivity index (χ0) is 31.2. The van der Waals surface area contributed by atoms with Crippen LogP contribution in [0.2, 0.25) is 10.0 Å². The maximum absolute atomic E-state index is 15.2. The summed E-state index contributed by atoms with van der Waals surface area (Å²) in [5.41, 5.74) is 3.46. The summed E-state index contributed by atoms with van der Waals surface area (Å²) < 4.78 is 32.3. The number of ether oxygens (including phenoxy) is 2. The fourth-order valence-electron chi connectivity index (χ4n) is 6.96. The lowest BCUT2D eigenvalue weighted by atomic mass is 9.56. The van der Waals surface area contributed by atoms with E-state index in [1.807, 2.05) is 30.3 Å². The largest absolute Gasteiger partial charge is 0.465 e. The number of methoxy groups -OCH3 is 1. The molecule has 0 radical (unpaired) electrons. The fourth-order valence-corrected chi connectivity index (χ4v) is 7.54. The lowest BCUT2D eigenvalue weighted by Crippen LogP contribution is -2.51. The SMILES string of the molecule is COC(=O)c1cc(F)c(NC(=O)C2C3CC(OCc4c(-c5c(Cl)cccc5Cl)noc4C4CC4)CC2C3)cc1-c1ccccc1. The first-order chi connectivity index (χ1) is 21.8. The molecule has 2 unspecified atom stereocenters. The van der Waals surface area contributed by atoms with Gasteiger partial charge in [0, 0.05) is 23.0 Å². The number of carbonyl (C=O) groups excluding carboxylic acids is 2. The summed E-state index contributed by atoms with van der Waals surface area (Å²) in [6.07, 6.45) is 4.43. The number of halogens is 3. The van der Waals surface area contributed by atoms with E-state index in [9.17, 15) is 9.59 Å². The molecule has 0 saturated heterocycles. The monoisotopic (exact) mass is 648 g/mol. The molecule has 4 aliphatic carbocycles. The Hall–Kier alpha value is -3.72. The molecule has 45 heavy (non-hydrogen) atoms. The molecule has 4 fully saturated rings. The molecule has 10 heteroatoms. The van der Waals surface area contributed by atoms with Crippen LogP contribution in [0.4, 0.5) is 10.1 Å². The second-order valence-electron chi connectivity index (χ2n) is 12.2. The summed E-state index contributed by atoms with van der Waals surface area (Å²) >= 11 is 13.0. The van der Waals surface area contributed by atoms with Gasteiger partial charge in [0.25, 0.3) is 0 Å². The lowest BCUT2D eigenvalue weighted by molar-refractivity contribution is -0.142. The summed E-state index contributed by atoms with van der Waals surface area (Å²) in [7, 11) is 1.25. The predicted octanol–water partition coefficient (Wildman–Crippen LogP) is 8.69. The lowest BCUT2D eigenvalue weighted by Gasteiger charge is -2.51. The van der Waals surface area contributed by atoms with Crippen LogP contribution in [-0.2, 0) is 20.9 Å². The molecule has 4 aromatic rings. The van der Waals surface area contributed by atoms with Crippen LogP contribution >= 0.6 is 23.2 Å². The first kappa shape index (κ1) is 30.0. The van der Waals surface area contributed by atoms with E-state index in [0.29, 0.717) is 45.0 Å². The van der Waals surface area contributed by atoms with Crippen molar-refractivity contribution >= 4 is 40.8 Å². The standard InChI is InChI=1S/C35H31Cl2FN2O5/c1-43-35(42)24-15-28(38)29(16-23(24)18-6-3-2-4-7-18)39-34(41)30-20-12-21(30)14-22(13-20)44-17-25-32(40-45-33(25)19-10-11-19)31-26(36)8-5-9-27(31)37/h2-9,15-16,19-22,30H,10-14,17H2,1H3,(H,39,41). The maximum atomic E-state index is 15.2. The van der Waals surface area contributed by atoms with E-state index in [-0.39, 0.29) is 41.0 Å². The second-order valence-corrected chi connectivity index (χ2v) is 13.0. The Morgan fingerprint density at radius 3 is 2.38 bits per heavy atom. The van der Waals surface area contributed by atoms with Crippen LogP contribution in [-0.4, -0.2) is 30.2 Å². The number of hydrogen-bond acceptors (Lipinski definition) is 6. The van der Waals surface area contributed by atoms with Crippen LogP contribution in [0.5, 0.6) is 0 Å². The molecule has 0 aliphatic heterocycles. The van der Waals surface area contributed by atoms with Gasteiger partial charge in [-0.3, -0.25) is 4.79 Å². The molecule has 1 N–H and O–H groups in total. The number of aromatic nitrogens is 1. The summed E-state index contributed by atoms with van der Waals surface area (Å²) in [5.74, 6) is -0.390. The van der Waals surface area contributed by atoms with Crippen molar-refractivity contribution in [1.82, 2.24) is 5.16 Å². The fraction of sp³-hybridized carbons (Fsp3) is 0.343. The topological polar surface area (TPSA) is 90.7 Å². The molecule has 1 aromatic heterocycles. The van der Waals surface area contributed by atoms with Crippen molar-refractivity contribution in [2.45, 2.75) is 50.7 Å². The Kier molecular flexibility index (Phi) is 8.14. The van der Waals surface area contributed by atoms with Crippen molar-refractivity contribution < 1.29 is 28.0 Å². The summed E-state index contributed by atoms with van der Waals surface area (Å²) in [4.78, 5) is 25.9. The van der Waals surface area contributed by atoms with E-state index < -0.39 is 11.8 Å². The van der Waals surface area contributed by atoms with Gasteiger partial charge in [-0.2, -0.15) is 0 Å². The number of carbonyl (C=O) groups is 2. The zero-order valence-electron chi connectivity index (χ0n) is 24.5. The molecule has 7 nitrogen and oxygen atoms in total. The molecular weight excluding hydrogens is 618 g/mol. The van der Waals surface area contributed by atoms with Gasteiger partial charge in [0.1, 0.15) is 17.3 Å². The van der Waals surface area contributed by atoms with Gasteiger partial charge < -0.3 is 19.3 Å². The molecule has 232 valence electrons. The number of esters is 1. The Labute approximate surface area is 270 Å². The van der Waals surface area contributed by atoms with Gasteiger partial charge >= 0.3 is 5.97 Å². The molecule has 0 spiro atoms. The van der Waals surface area contributed by atoms with E-state index in [1.54, 1.807) is 18.2 Å². The van der Waals surface area contributed by atoms with Crippen LogP contribution in [0, 0.1) is 23.6 Å². The Morgan fingerprint density at radius 2 is 1.71 bits per heavy atom. The van der Waals surface area contributed by atoms with E-state index in [0.717, 1.165) is 49.5 Å². The van der Waals surface area contributed by atoms with E-state index in [4.69, 9.17) is 37.2 Å². The number of nitrogens with one attached hydrogen (secondary N) is 1. The number of anilines is 1. The van der Waals surface area contributed by atoms with Gasteiger partial charge in [-0.25, -0.2) is 9.18 Å². The third-order valence-electron chi connectivity index (χ3n) is 9.34. The summed E-state index contributed by atoms with van der Waals surface area (Å²) in [6.45, 7) is 0.313. The molecule has 1 heterocycles. The van der Waals surface area contributed by atoms with Crippen molar-refractivity contribution in [3.05, 3.63) is 93.4 Å². The van der Waals surface area contributed by atoms with Gasteiger partial charge in [-0.15, -0.1) is 0 Å². The van der Waals surface area contributed by atoms with Crippen LogP contribution in [0.3, 0.4) is 0 Å². The van der Waals surface area contributed by atoms with Crippen LogP contribution in [0.1, 0.15) is 59.7 Å². The zero-order valence-corrected chi connectivity index (χ0v) is 26.0. The summed E-state index contributed by atoms with van der Waals surface area (Å²) in [5, 5.41) is 8.16. The first-order valence-corrected chi connectivity index (χ1v) is 15.9. The highest BCUT2D eigenvalue weighted by atomic mass is 35.5. The number of benzene rings is 3. The number of nitrogens with zero attached hydrogens (tertiary/aromatic N) is 1. The van der Waals surface area contributed by atoms with E-state index in [1.165, 1.54) is 13.2 Å².